The summed E-state index contributed by atoms with van der Waals surface area (Å²) in [6.07, 6.45) is 58.8. The molecule has 5 heteroatoms. The van der Waals surface area contributed by atoms with E-state index in [1.165, 1.54) is 205 Å². The van der Waals surface area contributed by atoms with Gasteiger partial charge in [-0.25, -0.2) is 0 Å². The van der Waals surface area contributed by atoms with Crippen LogP contribution in [0.15, 0.2) is 24.3 Å². The van der Waals surface area contributed by atoms with E-state index in [1.807, 2.05) is 0 Å². The van der Waals surface area contributed by atoms with E-state index in [1.54, 1.807) is 0 Å². The molecule has 0 aliphatic heterocycles. The largest absolute Gasteiger partial charge is 0.394 e. The number of carbonyl (C=O) groups excluding carboxylic acids is 1. The summed E-state index contributed by atoms with van der Waals surface area (Å²) >= 11 is 0. The Kier molecular flexibility index (Phi) is 46.5. The molecule has 0 saturated heterocycles. The lowest BCUT2D eigenvalue weighted by molar-refractivity contribution is -0.124. The molecule has 0 fully saturated rings. The Morgan fingerprint density at radius 2 is 0.719 bits per heavy atom. The van der Waals surface area contributed by atoms with Crippen LogP contribution < -0.4 is 5.32 Å². The van der Waals surface area contributed by atoms with Gasteiger partial charge in [-0.3, -0.25) is 4.79 Å². The third kappa shape index (κ3) is 42.8. The molecule has 5 nitrogen and oxygen atoms in total. The molecule has 3 atom stereocenters. The zero-order valence-electron chi connectivity index (χ0n) is 38.5. The van der Waals surface area contributed by atoms with Gasteiger partial charge in [0.15, 0.2) is 0 Å². The minimum atomic E-state index is -1.16. The van der Waals surface area contributed by atoms with E-state index in [-0.39, 0.29) is 12.5 Å². The van der Waals surface area contributed by atoms with Crippen LogP contribution in [0, 0.1) is 0 Å². The molecule has 0 rings (SSSR count). The molecule has 0 aromatic rings. The number of amides is 1. The Morgan fingerprint density at radius 1 is 0.421 bits per heavy atom. The number of hydrogen-bond donors (Lipinski definition) is 4. The van der Waals surface area contributed by atoms with Crippen LogP contribution in [0.2, 0.25) is 0 Å². The summed E-state index contributed by atoms with van der Waals surface area (Å²) in [4.78, 5) is 12.5. The first-order valence-corrected chi connectivity index (χ1v) is 25.6. The molecule has 4 N–H and O–H groups in total. The lowest BCUT2D eigenvalue weighted by atomic mass is 10.0. The fourth-order valence-corrected chi connectivity index (χ4v) is 8.06. The normalized spacial score (nSPS) is 13.6. The minimum Gasteiger partial charge on any atom is -0.394 e. The van der Waals surface area contributed by atoms with Crippen LogP contribution in [-0.2, 0) is 4.79 Å². The lowest BCUT2D eigenvalue weighted by Crippen LogP contribution is -2.50. The van der Waals surface area contributed by atoms with Crippen molar-refractivity contribution in [1.29, 1.82) is 0 Å². The number of aliphatic hydroxyl groups excluding tert-OH is 3. The third-order valence-corrected chi connectivity index (χ3v) is 12.0. The fraction of sp³-hybridized carbons (Fsp3) is 0.904. The van der Waals surface area contributed by atoms with Crippen molar-refractivity contribution in [2.45, 2.75) is 295 Å². The van der Waals surface area contributed by atoms with Crippen molar-refractivity contribution in [1.82, 2.24) is 5.32 Å². The number of allylic oxidation sites excluding steroid dienone is 4. The van der Waals surface area contributed by atoms with Gasteiger partial charge in [0.05, 0.1) is 18.8 Å². The van der Waals surface area contributed by atoms with Crippen LogP contribution >= 0.6 is 0 Å². The molecule has 0 spiro atoms. The molecule has 0 aliphatic rings. The topological polar surface area (TPSA) is 89.8 Å². The average Bonchev–Trinajstić information content (AvgIpc) is 3.22. The first kappa shape index (κ1) is 55.8. The fourth-order valence-electron chi connectivity index (χ4n) is 8.06. The predicted molar refractivity (Wildman–Crippen MR) is 250 cm³/mol. The van der Waals surface area contributed by atoms with Crippen LogP contribution in [0.3, 0.4) is 0 Å². The monoisotopic (exact) mass is 804 g/mol. The van der Waals surface area contributed by atoms with E-state index in [4.69, 9.17) is 0 Å². The highest BCUT2D eigenvalue weighted by Crippen LogP contribution is 2.17. The molecule has 0 aliphatic carbocycles. The molecule has 0 saturated carbocycles. The minimum absolute atomic E-state index is 0.153. The zero-order chi connectivity index (χ0) is 41.5. The molecule has 0 aromatic carbocycles. The molecule has 57 heavy (non-hydrogen) atoms. The van der Waals surface area contributed by atoms with Gasteiger partial charge in [0.25, 0.3) is 0 Å². The molecule has 0 radical (unpaired) electrons. The maximum absolute atomic E-state index is 12.5. The molecule has 0 heterocycles. The van der Waals surface area contributed by atoms with Crippen molar-refractivity contribution in [2.75, 3.05) is 6.61 Å². The molecule has 0 bridgehead atoms. The van der Waals surface area contributed by atoms with Crippen molar-refractivity contribution in [3.63, 3.8) is 0 Å². The molecule has 338 valence electrons. The van der Waals surface area contributed by atoms with Gasteiger partial charge in [0.2, 0.25) is 5.91 Å². The van der Waals surface area contributed by atoms with Crippen LogP contribution in [-0.4, -0.2) is 46.1 Å². The number of unbranched alkanes of at least 4 members (excludes halogenated alkanes) is 35. The molecule has 3 unspecified atom stereocenters. The van der Waals surface area contributed by atoms with E-state index in [0.29, 0.717) is 12.8 Å². The van der Waals surface area contributed by atoms with Crippen LogP contribution in [0.25, 0.3) is 0 Å². The second kappa shape index (κ2) is 47.5. The standard InChI is InChI=1S/C52H101NO4/c1-3-5-7-9-11-13-15-17-19-21-23-25-27-28-30-32-34-36-38-40-42-44-46-50(55)52(57)49(48-54)53-51(56)47-45-43-41-39-37-35-33-31-29-26-24-22-20-18-16-14-12-10-8-6-4-2/h30,32,38,40,49-50,52,54-55,57H,3-29,31,33-37,39,41-48H2,1-2H3,(H,53,56)/b32-30+,40-38+. The van der Waals surface area contributed by atoms with Gasteiger partial charge < -0.3 is 20.6 Å². The summed E-state index contributed by atoms with van der Waals surface area (Å²) in [6.45, 7) is 4.19. The van der Waals surface area contributed by atoms with Gasteiger partial charge in [-0.1, -0.05) is 244 Å². The average molecular weight is 804 g/mol. The van der Waals surface area contributed by atoms with Crippen molar-refractivity contribution < 1.29 is 20.1 Å². The number of hydrogen-bond acceptors (Lipinski definition) is 4. The summed E-state index contributed by atoms with van der Waals surface area (Å²) < 4.78 is 0. The highest BCUT2D eigenvalue weighted by atomic mass is 16.3. The quantitative estimate of drug-likeness (QED) is 0.0364. The molecule has 0 aromatic heterocycles. The Morgan fingerprint density at radius 3 is 1.07 bits per heavy atom. The Bertz CT molecular complexity index is 844. The Balaban J connectivity index is 3.61. The number of carbonyl (C=O) groups is 1. The van der Waals surface area contributed by atoms with E-state index in [2.05, 4.69) is 43.5 Å². The summed E-state index contributed by atoms with van der Waals surface area (Å²) in [6, 6.07) is -0.829. The zero-order valence-corrected chi connectivity index (χ0v) is 38.5. The van der Waals surface area contributed by atoms with Gasteiger partial charge in [0.1, 0.15) is 6.10 Å². The number of aliphatic hydroxyl groups is 3. The Hall–Kier alpha value is -1.17. The van der Waals surface area contributed by atoms with Gasteiger partial charge in [-0.05, 0) is 51.4 Å². The molecule has 1 amide bonds. The third-order valence-electron chi connectivity index (χ3n) is 12.0. The van der Waals surface area contributed by atoms with Crippen LogP contribution in [0.4, 0.5) is 0 Å². The van der Waals surface area contributed by atoms with E-state index in [0.717, 1.165) is 44.9 Å². The molecular weight excluding hydrogens is 703 g/mol. The van der Waals surface area contributed by atoms with E-state index >= 15 is 0 Å². The molecular formula is C52H101NO4. The van der Waals surface area contributed by atoms with E-state index in [9.17, 15) is 20.1 Å². The summed E-state index contributed by atoms with van der Waals surface area (Å²) in [5.74, 6) is -0.153. The first-order valence-electron chi connectivity index (χ1n) is 25.6. The van der Waals surface area contributed by atoms with Gasteiger partial charge in [0, 0.05) is 6.42 Å². The highest BCUT2D eigenvalue weighted by molar-refractivity contribution is 5.76. The number of rotatable bonds is 47. The maximum Gasteiger partial charge on any atom is 0.220 e. The van der Waals surface area contributed by atoms with Crippen molar-refractivity contribution >= 4 is 5.91 Å². The second-order valence-corrected chi connectivity index (χ2v) is 17.7. The smallest absolute Gasteiger partial charge is 0.220 e. The first-order chi connectivity index (χ1) is 28.1. The van der Waals surface area contributed by atoms with Gasteiger partial charge >= 0.3 is 0 Å². The van der Waals surface area contributed by atoms with Crippen molar-refractivity contribution in [3.05, 3.63) is 24.3 Å². The summed E-state index contributed by atoms with van der Waals surface area (Å²) in [5.41, 5.74) is 0. The predicted octanol–water partition coefficient (Wildman–Crippen LogP) is 15.3. The number of nitrogens with one attached hydrogen (secondary N) is 1. The van der Waals surface area contributed by atoms with Crippen LogP contribution in [0.5, 0.6) is 0 Å². The SMILES string of the molecule is CCCCCCCCCCCCCCC/C=C/CC/C=C/CCCC(O)C(O)C(CO)NC(=O)CCCCCCCCCCCCCCCCCCCCCCC. The van der Waals surface area contributed by atoms with E-state index < -0.39 is 18.2 Å². The van der Waals surface area contributed by atoms with Crippen LogP contribution in [0.1, 0.15) is 277 Å². The van der Waals surface area contributed by atoms with Crippen molar-refractivity contribution in [2.24, 2.45) is 0 Å². The summed E-state index contributed by atoms with van der Waals surface area (Å²) in [5, 5.41) is 33.6. The maximum atomic E-state index is 12.5. The van der Waals surface area contributed by atoms with Gasteiger partial charge in [-0.15, -0.1) is 0 Å². The second-order valence-electron chi connectivity index (χ2n) is 17.7. The van der Waals surface area contributed by atoms with Gasteiger partial charge in [-0.2, -0.15) is 0 Å². The lowest BCUT2D eigenvalue weighted by Gasteiger charge is -2.26. The Labute approximate surface area is 356 Å². The highest BCUT2D eigenvalue weighted by Gasteiger charge is 2.26. The van der Waals surface area contributed by atoms with Crippen molar-refractivity contribution in [3.8, 4) is 0 Å². The summed E-state index contributed by atoms with van der Waals surface area (Å²) in [7, 11) is 0.